The van der Waals surface area contributed by atoms with E-state index in [4.69, 9.17) is 11.6 Å². The smallest absolute Gasteiger partial charge is 0.272 e. The number of rotatable bonds is 6. The van der Waals surface area contributed by atoms with Crippen LogP contribution in [0.2, 0.25) is 5.02 Å². The Labute approximate surface area is 189 Å². The molecule has 10 heteroatoms. The first-order valence-corrected chi connectivity index (χ1v) is 11.3. The first kappa shape index (κ1) is 21.6. The molecule has 2 heterocycles. The van der Waals surface area contributed by atoms with Crippen molar-refractivity contribution in [2.45, 2.75) is 56.7 Å². The van der Waals surface area contributed by atoms with Gasteiger partial charge in [-0.1, -0.05) is 11.6 Å². The summed E-state index contributed by atoms with van der Waals surface area (Å²) in [5, 5.41) is 18.5. The van der Waals surface area contributed by atoms with Gasteiger partial charge in [0.05, 0.1) is 5.60 Å². The van der Waals surface area contributed by atoms with Gasteiger partial charge in [0.1, 0.15) is 18.2 Å². The van der Waals surface area contributed by atoms with Crippen molar-refractivity contribution in [3.63, 3.8) is 0 Å². The highest BCUT2D eigenvalue weighted by molar-refractivity contribution is 6.30. The third kappa shape index (κ3) is 3.96. The molecule has 4 bridgehead atoms. The molecule has 2 N–H and O–H groups in total. The van der Waals surface area contributed by atoms with Gasteiger partial charge < -0.3 is 15.3 Å². The van der Waals surface area contributed by atoms with Gasteiger partial charge in [0, 0.05) is 30.4 Å². The van der Waals surface area contributed by atoms with Gasteiger partial charge >= 0.3 is 0 Å². The van der Waals surface area contributed by atoms with Gasteiger partial charge in [0.15, 0.2) is 5.69 Å². The van der Waals surface area contributed by atoms with Crippen molar-refractivity contribution < 1.29 is 18.7 Å². The van der Waals surface area contributed by atoms with E-state index < -0.39 is 18.6 Å². The van der Waals surface area contributed by atoms with Gasteiger partial charge in [0.25, 0.3) is 12.3 Å². The third-order valence-corrected chi connectivity index (χ3v) is 7.47. The van der Waals surface area contributed by atoms with Crippen molar-refractivity contribution in [1.82, 2.24) is 20.1 Å². The van der Waals surface area contributed by atoms with E-state index in [-0.39, 0.29) is 29.5 Å². The molecule has 6 rings (SSSR count). The Hall–Kier alpha value is -2.26. The number of amides is 1. The number of halogens is 3. The maximum Gasteiger partial charge on any atom is 0.272 e. The number of carbonyl (C=O) groups is 1. The molecule has 2 unspecified atom stereocenters. The number of carbonyl (C=O) groups excluding carboxylic acids is 1. The number of pyridine rings is 1. The number of nitrogens with zero attached hydrogens (tertiary/aromatic N) is 4. The number of aliphatic hydroxyl groups is 1. The molecule has 172 valence electrons. The van der Waals surface area contributed by atoms with Crippen LogP contribution in [0.4, 0.5) is 20.4 Å². The molecule has 4 aliphatic carbocycles. The van der Waals surface area contributed by atoms with Crippen LogP contribution in [0.5, 0.6) is 0 Å². The van der Waals surface area contributed by atoms with Crippen molar-refractivity contribution in [3.8, 4) is 0 Å². The van der Waals surface area contributed by atoms with Crippen molar-refractivity contribution in [1.29, 1.82) is 0 Å². The Bertz CT molecular complexity index is 1020. The Morgan fingerprint density at radius 2 is 2.06 bits per heavy atom. The molecule has 4 saturated carbocycles. The molecule has 1 amide bonds. The van der Waals surface area contributed by atoms with Gasteiger partial charge in [-0.2, -0.15) is 5.10 Å². The second kappa shape index (κ2) is 7.95. The third-order valence-electron chi connectivity index (χ3n) is 7.24. The predicted octanol–water partition coefficient (Wildman–Crippen LogP) is 3.63. The van der Waals surface area contributed by atoms with E-state index in [0.29, 0.717) is 35.4 Å². The van der Waals surface area contributed by atoms with Crippen molar-refractivity contribution in [2.75, 3.05) is 11.9 Å². The first-order valence-electron chi connectivity index (χ1n) is 11.0. The molecule has 2 aromatic heterocycles. The summed E-state index contributed by atoms with van der Waals surface area (Å²) in [6, 6.07) is 4.72. The zero-order valence-corrected chi connectivity index (χ0v) is 18.5. The molecular weight excluding hydrogens is 440 g/mol. The Kier molecular flexibility index (Phi) is 5.36. The maximum absolute atomic E-state index is 13.2. The highest BCUT2D eigenvalue weighted by Crippen LogP contribution is 2.55. The number of nitrogens with one attached hydrogen (secondary N) is 1. The van der Waals surface area contributed by atoms with Crippen LogP contribution in [-0.2, 0) is 6.54 Å². The summed E-state index contributed by atoms with van der Waals surface area (Å²) in [4.78, 5) is 18.9. The average molecular weight is 466 g/mol. The average Bonchev–Trinajstić information content (AvgIpc) is 3.12. The SMILES string of the molecule is CN(c1cc(Cl)ccn1)c1cc(C(=O)NC2C3CC4CC2CC(O)(C4)C3)nn1CC(F)F. The van der Waals surface area contributed by atoms with Crippen LogP contribution < -0.4 is 10.2 Å². The van der Waals surface area contributed by atoms with E-state index in [1.54, 1.807) is 24.1 Å². The van der Waals surface area contributed by atoms with Crippen molar-refractivity contribution in [2.24, 2.45) is 17.8 Å². The van der Waals surface area contributed by atoms with E-state index in [2.05, 4.69) is 15.4 Å². The molecule has 7 nitrogen and oxygen atoms in total. The quantitative estimate of drug-likeness (QED) is 0.680. The van der Waals surface area contributed by atoms with Gasteiger partial charge in [-0.05, 0) is 62.0 Å². The molecule has 0 spiro atoms. The van der Waals surface area contributed by atoms with E-state index in [1.165, 1.54) is 12.3 Å². The number of alkyl halides is 2. The minimum absolute atomic E-state index is 0.0182. The fraction of sp³-hybridized carbons (Fsp3) is 0.591. The van der Waals surface area contributed by atoms with Crippen molar-refractivity contribution in [3.05, 3.63) is 35.1 Å². The maximum atomic E-state index is 13.2. The topological polar surface area (TPSA) is 83.3 Å². The van der Waals surface area contributed by atoms with Gasteiger partial charge in [-0.15, -0.1) is 0 Å². The lowest BCUT2D eigenvalue weighted by Crippen LogP contribution is -2.61. The van der Waals surface area contributed by atoms with Gasteiger partial charge in [-0.25, -0.2) is 18.4 Å². The van der Waals surface area contributed by atoms with Crippen molar-refractivity contribution >= 4 is 29.1 Å². The molecule has 0 aromatic carbocycles. The summed E-state index contributed by atoms with van der Waals surface area (Å²) in [5.41, 5.74) is -0.502. The van der Waals surface area contributed by atoms with Crippen LogP contribution in [0.3, 0.4) is 0 Å². The largest absolute Gasteiger partial charge is 0.390 e. The predicted molar refractivity (Wildman–Crippen MR) is 115 cm³/mol. The molecule has 0 radical (unpaired) electrons. The Morgan fingerprint density at radius 1 is 1.34 bits per heavy atom. The Balaban J connectivity index is 1.38. The summed E-state index contributed by atoms with van der Waals surface area (Å²) >= 11 is 6.04. The minimum atomic E-state index is -2.63. The molecule has 0 aliphatic heterocycles. The van der Waals surface area contributed by atoms with Crippen LogP contribution in [0.15, 0.2) is 24.4 Å². The molecule has 4 fully saturated rings. The van der Waals surface area contributed by atoms with Crippen LogP contribution in [-0.4, -0.2) is 50.9 Å². The lowest BCUT2D eigenvalue weighted by Gasteiger charge is -2.58. The fourth-order valence-corrected chi connectivity index (χ4v) is 6.34. The van der Waals surface area contributed by atoms with Gasteiger partial charge in [0.2, 0.25) is 0 Å². The highest BCUT2D eigenvalue weighted by atomic mass is 35.5. The molecule has 0 saturated heterocycles. The van der Waals surface area contributed by atoms with E-state index in [0.717, 1.165) is 23.9 Å². The zero-order chi connectivity index (χ0) is 22.6. The van der Waals surface area contributed by atoms with Crippen LogP contribution >= 0.6 is 11.6 Å². The highest BCUT2D eigenvalue weighted by Gasteiger charge is 2.55. The molecular formula is C22H26ClF2N5O2. The summed E-state index contributed by atoms with van der Waals surface area (Å²) in [7, 11) is 1.66. The lowest BCUT2D eigenvalue weighted by molar-refractivity contribution is -0.136. The van der Waals surface area contributed by atoms with E-state index in [9.17, 15) is 18.7 Å². The first-order chi connectivity index (χ1) is 15.2. The number of hydrogen-bond donors (Lipinski definition) is 2. The molecule has 32 heavy (non-hydrogen) atoms. The summed E-state index contributed by atoms with van der Waals surface area (Å²) in [6.07, 6.45) is 3.20. The summed E-state index contributed by atoms with van der Waals surface area (Å²) in [5.74, 6) is 1.42. The summed E-state index contributed by atoms with van der Waals surface area (Å²) < 4.78 is 27.5. The Morgan fingerprint density at radius 3 is 2.69 bits per heavy atom. The molecule has 2 aromatic rings. The fourth-order valence-electron chi connectivity index (χ4n) is 6.19. The second-order valence-electron chi connectivity index (χ2n) is 9.55. The minimum Gasteiger partial charge on any atom is -0.390 e. The van der Waals surface area contributed by atoms with E-state index in [1.807, 2.05) is 0 Å². The van der Waals surface area contributed by atoms with Gasteiger partial charge in [-0.3, -0.25) is 4.79 Å². The monoisotopic (exact) mass is 465 g/mol. The standard InChI is InChI=1S/C22H26ClF2N5O2/c1-29(18-6-15(23)2-3-26-18)19-7-16(28-30(19)11-17(24)25)21(31)27-20-13-4-12-5-14(20)10-22(32,8-12)9-13/h2-3,6-7,12-14,17,20,32H,4-5,8-11H2,1H3,(H,27,31). The zero-order valence-electron chi connectivity index (χ0n) is 17.7. The second-order valence-corrected chi connectivity index (χ2v) is 9.98. The lowest BCUT2D eigenvalue weighted by atomic mass is 9.52. The van der Waals surface area contributed by atoms with Crippen LogP contribution in [0.25, 0.3) is 0 Å². The van der Waals surface area contributed by atoms with Crippen LogP contribution in [0, 0.1) is 17.8 Å². The normalized spacial score (nSPS) is 30.7. The molecule has 4 aliphatic rings. The van der Waals surface area contributed by atoms with Crippen LogP contribution in [0.1, 0.15) is 42.6 Å². The number of anilines is 2. The van der Waals surface area contributed by atoms with E-state index >= 15 is 0 Å². The number of aromatic nitrogens is 3. The summed E-state index contributed by atoms with van der Waals surface area (Å²) in [6.45, 7) is -0.642. The molecule has 2 atom stereocenters. The number of hydrogen-bond acceptors (Lipinski definition) is 5.